The van der Waals surface area contributed by atoms with Gasteiger partial charge < -0.3 is 14.0 Å². The number of fused-ring (bicyclic) bond motifs is 1. The van der Waals surface area contributed by atoms with E-state index in [1.807, 2.05) is 70.2 Å². The number of rotatable bonds is 5. The van der Waals surface area contributed by atoms with Gasteiger partial charge >= 0.3 is 7.12 Å². The molecule has 156 valence electrons. The average molecular weight is 406 g/mol. The summed E-state index contributed by atoms with van der Waals surface area (Å²) in [4.78, 5) is 12.5. The van der Waals surface area contributed by atoms with Gasteiger partial charge in [0.15, 0.2) is 5.78 Å². The minimum atomic E-state index is -0.504. The van der Waals surface area contributed by atoms with E-state index in [9.17, 15) is 4.79 Å². The summed E-state index contributed by atoms with van der Waals surface area (Å²) in [5, 5.41) is 5.48. The van der Waals surface area contributed by atoms with E-state index in [4.69, 9.17) is 14.0 Å². The standard InChI is InChI=1S/C23H27BN2O4/c1-15(27)21(16-7-10-19(28-6)11-8-16)26-20-12-9-18(13-17(20)14-25-26)24-29-22(2,3)23(4,5)30-24/h7-14,21H,1-6H3. The first kappa shape index (κ1) is 20.6. The van der Waals surface area contributed by atoms with Crippen LogP contribution < -0.4 is 10.2 Å². The number of hydrogen-bond donors (Lipinski definition) is 0. The largest absolute Gasteiger partial charge is 0.497 e. The van der Waals surface area contributed by atoms with E-state index in [1.54, 1.807) is 24.9 Å². The number of aromatic nitrogens is 2. The van der Waals surface area contributed by atoms with Crippen molar-refractivity contribution in [3.05, 3.63) is 54.2 Å². The van der Waals surface area contributed by atoms with E-state index >= 15 is 0 Å². The van der Waals surface area contributed by atoms with Crippen LogP contribution in [0.15, 0.2) is 48.7 Å². The van der Waals surface area contributed by atoms with Crippen LogP contribution in [-0.2, 0) is 14.1 Å². The number of methoxy groups -OCH3 is 1. The minimum Gasteiger partial charge on any atom is -0.497 e. The zero-order chi connectivity index (χ0) is 21.7. The average Bonchev–Trinajstić information content (AvgIpc) is 3.19. The number of nitrogens with zero attached hydrogens (tertiary/aromatic N) is 2. The summed E-state index contributed by atoms with van der Waals surface area (Å²) >= 11 is 0. The first-order valence-corrected chi connectivity index (χ1v) is 10.1. The van der Waals surface area contributed by atoms with Crippen LogP contribution >= 0.6 is 0 Å². The lowest BCUT2D eigenvalue weighted by atomic mass is 9.78. The summed E-state index contributed by atoms with van der Waals surface area (Å²) in [6.45, 7) is 9.73. The quantitative estimate of drug-likeness (QED) is 0.607. The topological polar surface area (TPSA) is 62.6 Å². The highest BCUT2D eigenvalue weighted by molar-refractivity contribution is 6.62. The normalized spacial score (nSPS) is 18.5. The molecule has 4 rings (SSSR count). The van der Waals surface area contributed by atoms with Gasteiger partial charge in [-0.15, -0.1) is 0 Å². The Balaban J connectivity index is 1.70. The molecule has 7 heteroatoms. The molecule has 1 atom stereocenters. The Morgan fingerprint density at radius 3 is 2.27 bits per heavy atom. The van der Waals surface area contributed by atoms with Crippen LogP contribution in [0.4, 0.5) is 0 Å². The Labute approximate surface area is 177 Å². The highest BCUT2D eigenvalue weighted by atomic mass is 16.7. The third kappa shape index (κ3) is 3.42. The molecule has 2 aromatic carbocycles. The first-order valence-electron chi connectivity index (χ1n) is 10.1. The molecule has 0 saturated carbocycles. The fourth-order valence-electron chi connectivity index (χ4n) is 3.74. The Morgan fingerprint density at radius 1 is 1.07 bits per heavy atom. The van der Waals surface area contributed by atoms with Gasteiger partial charge in [0.25, 0.3) is 0 Å². The fourth-order valence-corrected chi connectivity index (χ4v) is 3.74. The van der Waals surface area contributed by atoms with Crippen LogP contribution in [-0.4, -0.2) is 41.0 Å². The second kappa shape index (κ2) is 7.25. The number of carbonyl (C=O) groups excluding carboxylic acids is 1. The van der Waals surface area contributed by atoms with Crippen molar-refractivity contribution in [2.75, 3.05) is 7.11 Å². The van der Waals surface area contributed by atoms with E-state index in [1.165, 1.54) is 0 Å². The number of carbonyl (C=O) groups is 1. The maximum atomic E-state index is 12.5. The molecule has 0 bridgehead atoms. The number of ketones is 1. The maximum absolute atomic E-state index is 12.5. The molecule has 1 fully saturated rings. The second-order valence-electron chi connectivity index (χ2n) is 8.78. The third-order valence-electron chi connectivity index (χ3n) is 6.21. The minimum absolute atomic E-state index is 0.0141. The Hall–Kier alpha value is -2.64. The predicted molar refractivity (Wildman–Crippen MR) is 117 cm³/mol. The molecule has 6 nitrogen and oxygen atoms in total. The highest BCUT2D eigenvalue weighted by Gasteiger charge is 2.51. The molecule has 2 heterocycles. The molecule has 1 unspecified atom stereocenters. The van der Waals surface area contributed by atoms with Crippen molar-refractivity contribution in [3.63, 3.8) is 0 Å². The molecular weight excluding hydrogens is 379 g/mol. The molecular formula is C23H27BN2O4. The molecule has 3 aromatic rings. The Bertz CT molecular complexity index is 1070. The Kier molecular flexibility index (Phi) is 4.99. The fraction of sp³-hybridized carbons (Fsp3) is 0.391. The van der Waals surface area contributed by atoms with Gasteiger partial charge in [0.1, 0.15) is 11.8 Å². The van der Waals surface area contributed by atoms with E-state index in [2.05, 4.69) is 5.10 Å². The van der Waals surface area contributed by atoms with Gasteiger partial charge in [0.2, 0.25) is 0 Å². The van der Waals surface area contributed by atoms with E-state index in [-0.39, 0.29) is 5.78 Å². The first-order chi connectivity index (χ1) is 14.1. The lowest BCUT2D eigenvalue weighted by Gasteiger charge is -2.32. The number of hydrogen-bond acceptors (Lipinski definition) is 5. The zero-order valence-corrected chi connectivity index (χ0v) is 18.3. The lowest BCUT2D eigenvalue weighted by Crippen LogP contribution is -2.41. The summed E-state index contributed by atoms with van der Waals surface area (Å²) in [5.41, 5.74) is 1.88. The van der Waals surface area contributed by atoms with Crippen molar-refractivity contribution in [3.8, 4) is 5.75 Å². The van der Waals surface area contributed by atoms with Gasteiger partial charge in [-0.2, -0.15) is 5.10 Å². The van der Waals surface area contributed by atoms with Crippen LogP contribution in [0.1, 0.15) is 46.2 Å². The van der Waals surface area contributed by atoms with Crippen LogP contribution in [0, 0.1) is 0 Å². The zero-order valence-electron chi connectivity index (χ0n) is 18.3. The molecule has 1 aliphatic heterocycles. The monoisotopic (exact) mass is 406 g/mol. The summed E-state index contributed by atoms with van der Waals surface area (Å²) in [6.07, 6.45) is 1.78. The number of ether oxygens (including phenoxy) is 1. The summed E-state index contributed by atoms with van der Waals surface area (Å²) < 4.78 is 19.3. The molecule has 0 N–H and O–H groups in total. The maximum Gasteiger partial charge on any atom is 0.494 e. The molecule has 30 heavy (non-hydrogen) atoms. The van der Waals surface area contributed by atoms with Crippen molar-refractivity contribution >= 4 is 29.3 Å². The van der Waals surface area contributed by atoms with Crippen molar-refractivity contribution in [2.45, 2.75) is 51.9 Å². The molecule has 1 aliphatic rings. The van der Waals surface area contributed by atoms with Gasteiger partial charge in [0, 0.05) is 5.39 Å². The van der Waals surface area contributed by atoms with Gasteiger partial charge in [-0.25, -0.2) is 4.68 Å². The summed E-state index contributed by atoms with van der Waals surface area (Å²) in [7, 11) is 1.18. The lowest BCUT2D eigenvalue weighted by molar-refractivity contribution is -0.119. The van der Waals surface area contributed by atoms with Gasteiger partial charge in [-0.3, -0.25) is 4.79 Å². The Morgan fingerprint density at radius 2 is 1.70 bits per heavy atom. The molecule has 0 spiro atoms. The number of Topliss-reactive ketones (excluding diaryl/α,β-unsaturated/α-hetero) is 1. The van der Waals surface area contributed by atoms with E-state index < -0.39 is 24.4 Å². The summed E-state index contributed by atoms with van der Waals surface area (Å²) in [5.74, 6) is 0.763. The predicted octanol–water partition coefficient (Wildman–Crippen LogP) is 3.52. The molecule has 1 saturated heterocycles. The molecule has 0 amide bonds. The van der Waals surface area contributed by atoms with Crippen LogP contribution in [0.3, 0.4) is 0 Å². The van der Waals surface area contributed by atoms with Crippen molar-refractivity contribution in [1.29, 1.82) is 0 Å². The van der Waals surface area contributed by atoms with Gasteiger partial charge in [0.05, 0.1) is 30.0 Å². The van der Waals surface area contributed by atoms with Crippen LogP contribution in [0.2, 0.25) is 0 Å². The van der Waals surface area contributed by atoms with Crippen molar-refractivity contribution < 1.29 is 18.8 Å². The molecule has 0 aliphatic carbocycles. The number of benzene rings is 2. The third-order valence-corrected chi connectivity index (χ3v) is 6.21. The smallest absolute Gasteiger partial charge is 0.494 e. The SMILES string of the molecule is COc1ccc(C(C(C)=O)n2ncc3cc(B4OC(C)(C)C(C)(C)O4)ccc32)cc1. The van der Waals surface area contributed by atoms with E-state index in [0.29, 0.717) is 0 Å². The van der Waals surface area contributed by atoms with Gasteiger partial charge in [-0.1, -0.05) is 24.3 Å². The van der Waals surface area contributed by atoms with Crippen molar-refractivity contribution in [1.82, 2.24) is 9.78 Å². The van der Waals surface area contributed by atoms with Crippen LogP contribution in [0.5, 0.6) is 5.75 Å². The molecule has 0 radical (unpaired) electrons. The van der Waals surface area contributed by atoms with Crippen molar-refractivity contribution in [2.24, 2.45) is 0 Å². The highest BCUT2D eigenvalue weighted by Crippen LogP contribution is 2.36. The molecule has 1 aromatic heterocycles. The second-order valence-corrected chi connectivity index (χ2v) is 8.78. The van der Waals surface area contributed by atoms with Crippen LogP contribution in [0.25, 0.3) is 10.9 Å². The summed E-state index contributed by atoms with van der Waals surface area (Å²) in [6, 6.07) is 13.0. The van der Waals surface area contributed by atoms with Gasteiger partial charge in [-0.05, 0) is 63.8 Å². The van der Waals surface area contributed by atoms with E-state index in [0.717, 1.165) is 27.7 Å².